The fourth-order valence-corrected chi connectivity index (χ4v) is 5.19. The number of carbonyl (C=O) groups is 1. The fraction of sp³-hybridized carbons (Fsp3) is 0.636. The number of piperidine rings is 1. The van der Waals surface area contributed by atoms with Crippen LogP contribution < -0.4 is 10.6 Å². The van der Waals surface area contributed by atoms with E-state index in [9.17, 15) is 4.79 Å². The van der Waals surface area contributed by atoms with Gasteiger partial charge in [-0.1, -0.05) is 12.8 Å². The van der Waals surface area contributed by atoms with Crippen LogP contribution in [0.3, 0.4) is 0 Å². The van der Waals surface area contributed by atoms with Gasteiger partial charge >= 0.3 is 0 Å². The number of carbonyl (C=O) groups excluding carboxylic acids is 1. The normalized spacial score (nSPS) is 24.0. The minimum absolute atomic E-state index is 0.00999. The van der Waals surface area contributed by atoms with Crippen molar-refractivity contribution in [1.82, 2.24) is 9.55 Å². The lowest BCUT2D eigenvalue weighted by Crippen LogP contribution is -2.49. The predicted octanol–water partition coefficient (Wildman–Crippen LogP) is 3.93. The summed E-state index contributed by atoms with van der Waals surface area (Å²) in [5.74, 6) is 1.61. The minimum Gasteiger partial charge on any atom is -0.369 e. The summed E-state index contributed by atoms with van der Waals surface area (Å²) in [7, 11) is 0. The highest BCUT2D eigenvalue weighted by atomic mass is 16.1. The van der Waals surface area contributed by atoms with Gasteiger partial charge in [0.2, 0.25) is 11.9 Å². The molecule has 2 atom stereocenters. The van der Waals surface area contributed by atoms with Crippen LogP contribution >= 0.6 is 0 Å². The maximum atomic E-state index is 11.9. The van der Waals surface area contributed by atoms with Gasteiger partial charge in [0.1, 0.15) is 0 Å². The number of rotatable bonds is 4. The minimum atomic E-state index is -0.132. The Kier molecular flexibility index (Phi) is 4.87. The molecule has 5 heteroatoms. The maximum absolute atomic E-state index is 11.9. The summed E-state index contributed by atoms with van der Waals surface area (Å²) in [5, 5.41) is 0. The molecular weight excluding hydrogens is 336 g/mol. The van der Waals surface area contributed by atoms with Gasteiger partial charge in [0.25, 0.3) is 0 Å². The van der Waals surface area contributed by atoms with E-state index in [4.69, 9.17) is 10.7 Å². The number of aryl methyl sites for hydroxylation is 3. The van der Waals surface area contributed by atoms with E-state index >= 15 is 0 Å². The molecule has 2 aromatic rings. The molecule has 2 N–H and O–H groups in total. The number of hydrogen-bond acceptors (Lipinski definition) is 3. The van der Waals surface area contributed by atoms with Gasteiger partial charge in [0.15, 0.2) is 0 Å². The second-order valence-electron chi connectivity index (χ2n) is 8.51. The molecule has 2 unspecified atom stereocenters. The molecule has 4 rings (SSSR count). The molecule has 2 heterocycles. The number of amides is 1. The van der Waals surface area contributed by atoms with Crippen LogP contribution in [0.15, 0.2) is 12.1 Å². The number of primary amides is 1. The zero-order valence-electron chi connectivity index (χ0n) is 16.9. The van der Waals surface area contributed by atoms with Crippen molar-refractivity contribution in [3.05, 3.63) is 23.3 Å². The summed E-state index contributed by atoms with van der Waals surface area (Å²) in [6.07, 6.45) is 6.85. The lowest BCUT2D eigenvalue weighted by Gasteiger charge is -2.42. The van der Waals surface area contributed by atoms with Crippen molar-refractivity contribution in [3.63, 3.8) is 0 Å². The number of anilines is 1. The number of imidazole rings is 1. The molecule has 5 nitrogen and oxygen atoms in total. The van der Waals surface area contributed by atoms with Crippen LogP contribution in [0.5, 0.6) is 0 Å². The summed E-state index contributed by atoms with van der Waals surface area (Å²) in [6, 6.07) is 4.86. The second kappa shape index (κ2) is 7.17. The lowest BCUT2D eigenvalue weighted by atomic mass is 9.83. The van der Waals surface area contributed by atoms with E-state index in [-0.39, 0.29) is 11.8 Å². The highest BCUT2D eigenvalue weighted by molar-refractivity contribution is 5.81. The summed E-state index contributed by atoms with van der Waals surface area (Å²) < 4.78 is 2.36. The third kappa shape index (κ3) is 3.21. The molecule has 2 fully saturated rings. The molecule has 0 radical (unpaired) electrons. The fourth-order valence-electron chi connectivity index (χ4n) is 5.19. The third-order valence-corrected chi connectivity index (χ3v) is 6.91. The summed E-state index contributed by atoms with van der Waals surface area (Å²) in [4.78, 5) is 19.5. The Morgan fingerprint density at radius 1 is 1.19 bits per heavy atom. The van der Waals surface area contributed by atoms with E-state index in [1.54, 1.807) is 0 Å². The molecule has 0 bridgehead atoms. The molecule has 1 aromatic carbocycles. The Hall–Kier alpha value is -2.04. The van der Waals surface area contributed by atoms with Crippen molar-refractivity contribution in [2.24, 2.45) is 17.6 Å². The Morgan fingerprint density at radius 3 is 2.56 bits per heavy atom. The largest absolute Gasteiger partial charge is 0.369 e. The van der Waals surface area contributed by atoms with Gasteiger partial charge < -0.3 is 15.2 Å². The Bertz CT molecular complexity index is 850. The van der Waals surface area contributed by atoms with Crippen LogP contribution in [0.4, 0.5) is 5.95 Å². The first-order valence-electron chi connectivity index (χ1n) is 10.5. The van der Waals surface area contributed by atoms with Crippen molar-refractivity contribution >= 4 is 22.9 Å². The van der Waals surface area contributed by atoms with Gasteiger partial charge in [-0.3, -0.25) is 4.79 Å². The molecular formula is C22H32N4O. The van der Waals surface area contributed by atoms with Gasteiger partial charge in [-0.25, -0.2) is 4.98 Å². The third-order valence-electron chi connectivity index (χ3n) is 6.91. The van der Waals surface area contributed by atoms with E-state index in [2.05, 4.69) is 42.4 Å². The molecule has 1 aliphatic carbocycles. The Balaban J connectivity index is 1.76. The maximum Gasteiger partial charge on any atom is 0.220 e. The summed E-state index contributed by atoms with van der Waals surface area (Å²) in [6.45, 7) is 8.29. The van der Waals surface area contributed by atoms with Crippen molar-refractivity contribution < 1.29 is 4.79 Å². The zero-order valence-corrected chi connectivity index (χ0v) is 16.9. The number of nitrogens with zero attached hydrogens (tertiary/aromatic N) is 3. The molecule has 1 aliphatic heterocycles. The molecule has 1 saturated carbocycles. The zero-order chi connectivity index (χ0) is 19.1. The highest BCUT2D eigenvalue weighted by Crippen LogP contribution is 2.39. The van der Waals surface area contributed by atoms with Gasteiger partial charge in [-0.05, 0) is 75.6 Å². The van der Waals surface area contributed by atoms with Crippen molar-refractivity contribution in [1.29, 1.82) is 0 Å². The first-order valence-corrected chi connectivity index (χ1v) is 10.5. The number of benzene rings is 1. The van der Waals surface area contributed by atoms with Crippen LogP contribution in [-0.4, -0.2) is 28.0 Å². The number of nitrogens with two attached hydrogens (primary N) is 1. The molecule has 1 amide bonds. The van der Waals surface area contributed by atoms with E-state index in [0.29, 0.717) is 12.0 Å². The molecule has 1 saturated heterocycles. The second-order valence-corrected chi connectivity index (χ2v) is 8.51. The van der Waals surface area contributed by atoms with E-state index in [1.165, 1.54) is 42.3 Å². The van der Waals surface area contributed by atoms with Crippen molar-refractivity contribution in [3.8, 4) is 0 Å². The first kappa shape index (κ1) is 18.3. The van der Waals surface area contributed by atoms with Crippen LogP contribution in [0.2, 0.25) is 0 Å². The van der Waals surface area contributed by atoms with Crippen LogP contribution in [0.1, 0.15) is 56.6 Å². The smallest absolute Gasteiger partial charge is 0.220 e. The van der Waals surface area contributed by atoms with E-state index in [1.807, 2.05) is 0 Å². The Morgan fingerprint density at radius 2 is 1.89 bits per heavy atom. The van der Waals surface area contributed by atoms with Crippen molar-refractivity contribution in [2.75, 3.05) is 11.4 Å². The van der Waals surface area contributed by atoms with E-state index < -0.39 is 0 Å². The molecule has 146 valence electrons. The quantitative estimate of drug-likeness (QED) is 0.889. The number of hydrogen-bond donors (Lipinski definition) is 1. The van der Waals surface area contributed by atoms with Crippen molar-refractivity contribution in [2.45, 2.75) is 71.9 Å². The molecule has 1 aromatic heterocycles. The van der Waals surface area contributed by atoms with Crippen LogP contribution in [0, 0.1) is 25.7 Å². The van der Waals surface area contributed by atoms with Gasteiger partial charge in [0.05, 0.1) is 11.0 Å². The van der Waals surface area contributed by atoms with Gasteiger partial charge in [-0.2, -0.15) is 0 Å². The standard InChI is InChI=1S/C22H32N4O/c1-4-25-20-12-15(3)14(2)11-18(20)24-22(25)26-10-9-17(21(23)27)13-19(26)16-7-5-6-8-16/h11-12,16-17,19H,4-10,13H2,1-3H3,(H2,23,27). The topological polar surface area (TPSA) is 64.2 Å². The monoisotopic (exact) mass is 368 g/mol. The Labute approximate surface area is 161 Å². The number of fused-ring (bicyclic) bond motifs is 1. The SMILES string of the molecule is CCn1c(N2CCC(C(N)=O)CC2C2CCCC2)nc2cc(C)c(C)cc21. The van der Waals surface area contributed by atoms with E-state index in [0.717, 1.165) is 37.4 Å². The molecule has 0 spiro atoms. The first-order chi connectivity index (χ1) is 13.0. The molecule has 2 aliphatic rings. The average molecular weight is 369 g/mol. The summed E-state index contributed by atoms with van der Waals surface area (Å²) in [5.41, 5.74) is 10.6. The number of aromatic nitrogens is 2. The molecule has 27 heavy (non-hydrogen) atoms. The highest BCUT2D eigenvalue weighted by Gasteiger charge is 2.38. The van der Waals surface area contributed by atoms with Gasteiger partial charge in [-0.15, -0.1) is 0 Å². The van der Waals surface area contributed by atoms with Crippen LogP contribution in [-0.2, 0) is 11.3 Å². The van der Waals surface area contributed by atoms with Gasteiger partial charge in [0, 0.05) is 25.0 Å². The average Bonchev–Trinajstić information content (AvgIpc) is 3.29. The summed E-state index contributed by atoms with van der Waals surface area (Å²) >= 11 is 0. The van der Waals surface area contributed by atoms with Crippen LogP contribution in [0.25, 0.3) is 11.0 Å². The lowest BCUT2D eigenvalue weighted by molar-refractivity contribution is -0.122. The predicted molar refractivity (Wildman–Crippen MR) is 110 cm³/mol.